The molecule has 1 aromatic carbocycles. The van der Waals surface area contributed by atoms with Gasteiger partial charge >= 0.3 is 6.03 Å². The summed E-state index contributed by atoms with van der Waals surface area (Å²) in [4.78, 5) is 19.2. The molecule has 0 radical (unpaired) electrons. The number of carbonyl (C=O) groups is 1. The maximum absolute atomic E-state index is 13.1. The topological polar surface area (TPSA) is 61.9 Å². The maximum Gasteiger partial charge on any atom is 0.320 e. The second-order valence-corrected chi connectivity index (χ2v) is 9.21. The molecule has 1 atom stereocenters. The van der Waals surface area contributed by atoms with Crippen molar-refractivity contribution in [2.45, 2.75) is 13.0 Å². The summed E-state index contributed by atoms with van der Waals surface area (Å²) in [7, 11) is 3.77. The molecular formula is C25H28ClN7O. The van der Waals surface area contributed by atoms with Crippen molar-refractivity contribution in [3.8, 4) is 11.1 Å². The summed E-state index contributed by atoms with van der Waals surface area (Å²) >= 11 is 6.01. The Balaban J connectivity index is 1.25. The van der Waals surface area contributed by atoms with E-state index in [9.17, 15) is 4.79 Å². The highest BCUT2D eigenvalue weighted by Gasteiger charge is 2.27. The van der Waals surface area contributed by atoms with E-state index in [0.29, 0.717) is 18.1 Å². The van der Waals surface area contributed by atoms with Gasteiger partial charge in [-0.1, -0.05) is 29.8 Å². The Morgan fingerprint density at radius 2 is 1.71 bits per heavy atom. The first-order chi connectivity index (χ1) is 16.4. The molecule has 1 saturated heterocycles. The molecule has 9 heteroatoms. The Bertz CT molecular complexity index is 1300. The van der Waals surface area contributed by atoms with Crippen molar-refractivity contribution in [2.24, 2.45) is 7.05 Å². The number of amides is 2. The van der Waals surface area contributed by atoms with Gasteiger partial charge in [0.25, 0.3) is 0 Å². The van der Waals surface area contributed by atoms with E-state index in [0.717, 1.165) is 41.0 Å². The molecule has 1 fully saturated rings. The number of fused-ring (bicyclic) bond motifs is 1. The Morgan fingerprint density at radius 3 is 2.38 bits per heavy atom. The highest BCUT2D eigenvalue weighted by molar-refractivity contribution is 6.30. The van der Waals surface area contributed by atoms with Gasteiger partial charge < -0.3 is 14.7 Å². The zero-order chi connectivity index (χ0) is 23.8. The van der Waals surface area contributed by atoms with Crippen molar-refractivity contribution < 1.29 is 4.79 Å². The minimum Gasteiger partial charge on any atom is -0.365 e. The number of anilines is 1. The van der Waals surface area contributed by atoms with Crippen LogP contribution in [-0.4, -0.2) is 68.5 Å². The molecule has 1 aliphatic heterocycles. The number of rotatable bonds is 4. The Morgan fingerprint density at radius 1 is 0.971 bits per heavy atom. The van der Waals surface area contributed by atoms with Gasteiger partial charge in [-0.05, 0) is 30.7 Å². The number of carbonyl (C=O) groups excluding carboxylic acids is 1. The maximum atomic E-state index is 13.1. The third kappa shape index (κ3) is 4.21. The first-order valence-corrected chi connectivity index (χ1v) is 11.8. The van der Waals surface area contributed by atoms with Crippen LogP contribution in [0.5, 0.6) is 0 Å². The number of pyridine rings is 1. The summed E-state index contributed by atoms with van der Waals surface area (Å²) in [6, 6.07) is 11.9. The van der Waals surface area contributed by atoms with Gasteiger partial charge in [0.2, 0.25) is 0 Å². The summed E-state index contributed by atoms with van der Waals surface area (Å²) in [5.41, 5.74) is 5.35. The van der Waals surface area contributed by atoms with Crippen molar-refractivity contribution in [3.05, 3.63) is 71.8 Å². The largest absolute Gasteiger partial charge is 0.365 e. The van der Waals surface area contributed by atoms with Crippen LogP contribution in [0.2, 0.25) is 5.02 Å². The molecular weight excluding hydrogens is 450 g/mol. The Hall–Kier alpha value is -3.52. The van der Waals surface area contributed by atoms with Crippen LogP contribution in [0, 0.1) is 0 Å². The fourth-order valence-corrected chi connectivity index (χ4v) is 4.57. The number of benzene rings is 1. The minimum absolute atomic E-state index is 0.0311. The molecule has 0 spiro atoms. The van der Waals surface area contributed by atoms with Gasteiger partial charge in [-0.2, -0.15) is 10.2 Å². The van der Waals surface area contributed by atoms with Crippen LogP contribution in [0.4, 0.5) is 10.5 Å². The van der Waals surface area contributed by atoms with E-state index in [2.05, 4.69) is 27.2 Å². The van der Waals surface area contributed by atoms with Gasteiger partial charge in [-0.3, -0.25) is 4.68 Å². The number of hydrogen-bond acceptors (Lipinski definition) is 4. The lowest BCUT2D eigenvalue weighted by atomic mass is 10.1. The molecule has 1 aliphatic rings. The molecule has 0 aliphatic carbocycles. The average molecular weight is 478 g/mol. The van der Waals surface area contributed by atoms with E-state index in [1.807, 2.05) is 79.5 Å². The molecule has 3 aromatic heterocycles. The first kappa shape index (κ1) is 22.3. The zero-order valence-corrected chi connectivity index (χ0v) is 20.4. The second-order valence-electron chi connectivity index (χ2n) is 8.78. The first-order valence-electron chi connectivity index (χ1n) is 11.4. The van der Waals surface area contributed by atoms with E-state index in [4.69, 9.17) is 11.6 Å². The van der Waals surface area contributed by atoms with E-state index < -0.39 is 0 Å². The molecule has 0 bridgehead atoms. The van der Waals surface area contributed by atoms with Crippen LogP contribution in [0.25, 0.3) is 16.6 Å². The van der Waals surface area contributed by atoms with Crippen LogP contribution < -0.4 is 4.90 Å². The smallest absolute Gasteiger partial charge is 0.320 e. The zero-order valence-electron chi connectivity index (χ0n) is 19.6. The monoisotopic (exact) mass is 477 g/mol. The molecule has 176 valence electrons. The molecule has 5 rings (SSSR count). The molecule has 2 amide bonds. The van der Waals surface area contributed by atoms with E-state index in [1.54, 1.807) is 9.58 Å². The van der Waals surface area contributed by atoms with Crippen molar-refractivity contribution in [2.75, 3.05) is 38.1 Å². The van der Waals surface area contributed by atoms with Gasteiger partial charge in [0.15, 0.2) is 0 Å². The number of piperazine rings is 1. The highest BCUT2D eigenvalue weighted by atomic mass is 35.5. The van der Waals surface area contributed by atoms with Crippen molar-refractivity contribution in [3.63, 3.8) is 0 Å². The molecule has 34 heavy (non-hydrogen) atoms. The van der Waals surface area contributed by atoms with E-state index >= 15 is 0 Å². The number of aryl methyl sites for hydroxylation is 1. The van der Waals surface area contributed by atoms with Gasteiger partial charge in [-0.25, -0.2) is 9.31 Å². The van der Waals surface area contributed by atoms with Crippen molar-refractivity contribution in [1.82, 2.24) is 29.2 Å². The van der Waals surface area contributed by atoms with Crippen LogP contribution >= 0.6 is 11.6 Å². The molecule has 0 N–H and O–H groups in total. The summed E-state index contributed by atoms with van der Waals surface area (Å²) < 4.78 is 3.71. The molecule has 0 unspecified atom stereocenters. The summed E-state index contributed by atoms with van der Waals surface area (Å²) in [5, 5.41) is 9.53. The van der Waals surface area contributed by atoms with Crippen LogP contribution in [0.3, 0.4) is 0 Å². The van der Waals surface area contributed by atoms with Gasteiger partial charge in [0.05, 0.1) is 29.6 Å². The quantitative estimate of drug-likeness (QED) is 0.439. The summed E-state index contributed by atoms with van der Waals surface area (Å²) in [5.74, 6) is 0. The lowest BCUT2D eigenvalue weighted by Gasteiger charge is -2.38. The molecule has 0 saturated carbocycles. The lowest BCUT2D eigenvalue weighted by molar-refractivity contribution is 0.147. The SMILES string of the molecule is C[C@H](c1ccc(Cl)cc1)N(C)C(=O)N1CCN(c2cnn3cc(-c4cnn(C)c4)ccc23)CC1. The fourth-order valence-electron chi connectivity index (χ4n) is 4.45. The molecule has 4 aromatic rings. The summed E-state index contributed by atoms with van der Waals surface area (Å²) in [6.45, 7) is 4.90. The number of urea groups is 1. The number of hydrogen-bond donors (Lipinski definition) is 0. The summed E-state index contributed by atoms with van der Waals surface area (Å²) in [6.07, 6.45) is 7.79. The van der Waals surface area contributed by atoms with Gasteiger partial charge in [0.1, 0.15) is 0 Å². The van der Waals surface area contributed by atoms with Crippen molar-refractivity contribution >= 4 is 28.8 Å². The fraction of sp³-hybridized carbons (Fsp3) is 0.320. The number of aromatic nitrogens is 4. The Labute approximate surface area is 203 Å². The third-order valence-electron chi connectivity index (χ3n) is 6.66. The number of halogens is 1. The molecule has 8 nitrogen and oxygen atoms in total. The number of nitrogens with zero attached hydrogens (tertiary/aromatic N) is 7. The highest BCUT2D eigenvalue weighted by Crippen LogP contribution is 2.27. The van der Waals surface area contributed by atoms with Crippen LogP contribution in [-0.2, 0) is 7.05 Å². The van der Waals surface area contributed by atoms with Gasteiger partial charge in [0, 0.05) is 68.8 Å². The lowest BCUT2D eigenvalue weighted by Crippen LogP contribution is -2.52. The standard InChI is InChI=1S/C25H28ClN7O/c1-18(19-4-7-22(26)8-5-19)30(3)25(34)32-12-10-31(11-13-32)24-15-28-33-17-20(6-9-23(24)33)21-14-27-29(2)16-21/h4-9,14-18H,10-13H2,1-3H3/t18-/m1/s1. The predicted octanol–water partition coefficient (Wildman–Crippen LogP) is 4.32. The van der Waals surface area contributed by atoms with Gasteiger partial charge in [-0.15, -0.1) is 0 Å². The van der Waals surface area contributed by atoms with Crippen LogP contribution in [0.1, 0.15) is 18.5 Å². The van der Waals surface area contributed by atoms with Crippen molar-refractivity contribution in [1.29, 1.82) is 0 Å². The van der Waals surface area contributed by atoms with E-state index in [-0.39, 0.29) is 12.1 Å². The minimum atomic E-state index is -0.0311. The predicted molar refractivity (Wildman–Crippen MR) is 134 cm³/mol. The van der Waals surface area contributed by atoms with E-state index in [1.165, 1.54) is 0 Å². The third-order valence-corrected chi connectivity index (χ3v) is 6.91. The molecule has 4 heterocycles. The second kappa shape index (κ2) is 9.02. The normalized spacial score (nSPS) is 15.1. The van der Waals surface area contributed by atoms with Crippen LogP contribution in [0.15, 0.2) is 61.2 Å². The average Bonchev–Trinajstić information content (AvgIpc) is 3.49. The Kier molecular flexibility index (Phi) is 5.91.